The van der Waals surface area contributed by atoms with Gasteiger partial charge in [0.2, 0.25) is 5.78 Å². The van der Waals surface area contributed by atoms with Crippen LogP contribution >= 0.6 is 11.6 Å². The van der Waals surface area contributed by atoms with Crippen molar-refractivity contribution >= 4 is 23.8 Å². The van der Waals surface area contributed by atoms with E-state index in [1.54, 1.807) is 6.07 Å². The van der Waals surface area contributed by atoms with Crippen LogP contribution in [0.1, 0.15) is 32.3 Å². The van der Waals surface area contributed by atoms with Gasteiger partial charge in [0.05, 0.1) is 0 Å². The molecule has 1 aromatic rings. The summed E-state index contributed by atoms with van der Waals surface area (Å²) in [4.78, 5) is 16.9. The minimum atomic E-state index is -0.892. The second-order valence-corrected chi connectivity index (χ2v) is 4.73. The van der Waals surface area contributed by atoms with Crippen LogP contribution in [0.3, 0.4) is 0 Å². The van der Waals surface area contributed by atoms with Crippen molar-refractivity contribution in [2.24, 2.45) is 4.99 Å². The fourth-order valence-electron chi connectivity index (χ4n) is 2.32. The first-order valence-corrected chi connectivity index (χ1v) is 6.52. The molecule has 0 fully saturated rings. The van der Waals surface area contributed by atoms with E-state index < -0.39 is 11.6 Å². The summed E-state index contributed by atoms with van der Waals surface area (Å²) >= 11 is 6.22. The highest BCUT2D eigenvalue weighted by atomic mass is 35.5. The Morgan fingerprint density at radius 1 is 1.39 bits per heavy atom. The van der Waals surface area contributed by atoms with Gasteiger partial charge in [-0.1, -0.05) is 43.6 Å². The minimum Gasteiger partial charge on any atom is -0.472 e. The van der Waals surface area contributed by atoms with Gasteiger partial charge in [0, 0.05) is 10.6 Å². The Balaban J connectivity index is 2.55. The van der Waals surface area contributed by atoms with Gasteiger partial charge in [0.1, 0.15) is 0 Å². The number of halogens is 1. The number of nitrogens with zero attached hydrogens (tertiary/aromatic N) is 1. The van der Waals surface area contributed by atoms with Crippen molar-refractivity contribution in [3.63, 3.8) is 0 Å². The van der Waals surface area contributed by atoms with Gasteiger partial charge in [0.15, 0.2) is 18.0 Å². The third-order valence-electron chi connectivity index (χ3n) is 3.40. The van der Waals surface area contributed by atoms with Gasteiger partial charge in [-0.25, -0.2) is 4.99 Å². The molecule has 1 aliphatic heterocycles. The van der Waals surface area contributed by atoms with E-state index in [4.69, 9.17) is 16.3 Å². The van der Waals surface area contributed by atoms with E-state index in [0.717, 1.165) is 5.56 Å². The van der Waals surface area contributed by atoms with E-state index in [2.05, 4.69) is 4.99 Å². The molecule has 2 atom stereocenters. The van der Waals surface area contributed by atoms with Crippen molar-refractivity contribution in [3.8, 4) is 0 Å². The summed E-state index contributed by atoms with van der Waals surface area (Å²) in [6, 6.07) is 7.37. The van der Waals surface area contributed by atoms with Crippen LogP contribution < -0.4 is 0 Å². The molecule has 4 heteroatoms. The predicted molar refractivity (Wildman–Crippen MR) is 72.1 cm³/mol. The second kappa shape index (κ2) is 5.11. The number of hydrogen-bond acceptors (Lipinski definition) is 3. The van der Waals surface area contributed by atoms with Crippen LogP contribution in [0.4, 0.5) is 0 Å². The Morgan fingerprint density at radius 2 is 2.11 bits per heavy atom. The van der Waals surface area contributed by atoms with Crippen molar-refractivity contribution in [3.05, 3.63) is 34.9 Å². The number of aliphatic imine (C=N–C) groups is 1. The average Bonchev–Trinajstić information content (AvgIpc) is 2.40. The highest BCUT2D eigenvalue weighted by Crippen LogP contribution is 2.38. The maximum Gasteiger partial charge on any atom is 0.205 e. The van der Waals surface area contributed by atoms with Crippen LogP contribution in [-0.2, 0) is 15.1 Å². The third-order valence-corrected chi connectivity index (χ3v) is 3.73. The fraction of sp³-hybridized carbons (Fsp3) is 0.429. The molecule has 1 aliphatic rings. The molecule has 18 heavy (non-hydrogen) atoms. The smallest absolute Gasteiger partial charge is 0.205 e. The molecule has 1 heterocycles. The zero-order valence-electron chi connectivity index (χ0n) is 10.5. The number of hydrogen-bond donors (Lipinski definition) is 0. The van der Waals surface area contributed by atoms with Crippen molar-refractivity contribution in [1.29, 1.82) is 0 Å². The van der Waals surface area contributed by atoms with Gasteiger partial charge in [-0.15, -0.1) is 0 Å². The van der Waals surface area contributed by atoms with Gasteiger partial charge >= 0.3 is 0 Å². The molecule has 0 saturated carbocycles. The van der Waals surface area contributed by atoms with Gasteiger partial charge in [-0.2, -0.15) is 0 Å². The summed E-state index contributed by atoms with van der Waals surface area (Å²) in [6.07, 6.45) is 2.17. The highest BCUT2D eigenvalue weighted by Gasteiger charge is 2.45. The zero-order valence-corrected chi connectivity index (χ0v) is 11.3. The van der Waals surface area contributed by atoms with E-state index in [1.165, 1.54) is 6.40 Å². The molecule has 0 aromatic heterocycles. The molecule has 0 N–H and O–H groups in total. The lowest BCUT2D eigenvalue weighted by Gasteiger charge is -2.34. The van der Waals surface area contributed by atoms with E-state index in [1.807, 2.05) is 32.0 Å². The third kappa shape index (κ3) is 1.93. The molecule has 0 spiro atoms. The predicted octanol–water partition coefficient (Wildman–Crippen LogP) is 3.35. The lowest BCUT2D eigenvalue weighted by Crippen LogP contribution is -2.45. The lowest BCUT2D eigenvalue weighted by atomic mass is 9.80. The normalized spacial score (nSPS) is 27.1. The van der Waals surface area contributed by atoms with E-state index in [-0.39, 0.29) is 5.78 Å². The van der Waals surface area contributed by atoms with Crippen LogP contribution in [0, 0.1) is 0 Å². The molecule has 0 amide bonds. The van der Waals surface area contributed by atoms with Gasteiger partial charge < -0.3 is 4.74 Å². The standard InChI is InChI=1S/C14H16ClNO2/c1-3-12-13(17)14(4-2,16-9-18-12)10-7-5-6-8-11(10)15/h5-9,12H,3-4H2,1-2H3. The van der Waals surface area contributed by atoms with Crippen molar-refractivity contribution in [2.75, 3.05) is 0 Å². The first-order valence-electron chi connectivity index (χ1n) is 6.14. The number of carbonyl (C=O) groups is 1. The van der Waals surface area contributed by atoms with Gasteiger partial charge in [0.25, 0.3) is 0 Å². The Bertz CT molecular complexity index is 486. The molecule has 0 saturated heterocycles. The topological polar surface area (TPSA) is 38.7 Å². The Labute approximate surface area is 112 Å². The monoisotopic (exact) mass is 265 g/mol. The summed E-state index contributed by atoms with van der Waals surface area (Å²) in [5, 5.41) is 0.571. The number of rotatable bonds is 3. The van der Waals surface area contributed by atoms with Crippen LogP contribution in [0.15, 0.2) is 29.3 Å². The van der Waals surface area contributed by atoms with Crippen LogP contribution in [-0.4, -0.2) is 18.3 Å². The number of Topliss-reactive ketones (excluding diaryl/α,β-unsaturated/α-hetero) is 1. The van der Waals surface area contributed by atoms with Crippen molar-refractivity contribution in [2.45, 2.75) is 38.3 Å². The number of ether oxygens (including phenoxy) is 1. The number of carbonyl (C=O) groups excluding carboxylic acids is 1. The summed E-state index contributed by atoms with van der Waals surface area (Å²) in [6.45, 7) is 3.87. The molecular formula is C14H16ClNO2. The Morgan fingerprint density at radius 3 is 2.72 bits per heavy atom. The van der Waals surface area contributed by atoms with E-state index in [9.17, 15) is 4.79 Å². The number of ketones is 1. The first-order chi connectivity index (χ1) is 8.65. The SMILES string of the molecule is CCC1OC=NC(CC)(c2ccccc2Cl)C1=O. The first kappa shape index (κ1) is 13.1. The van der Waals surface area contributed by atoms with Crippen LogP contribution in [0.5, 0.6) is 0 Å². The van der Waals surface area contributed by atoms with Crippen LogP contribution in [0.2, 0.25) is 5.02 Å². The maximum atomic E-state index is 12.6. The minimum absolute atomic E-state index is 0.0110. The van der Waals surface area contributed by atoms with E-state index in [0.29, 0.717) is 17.9 Å². The van der Waals surface area contributed by atoms with Crippen LogP contribution in [0.25, 0.3) is 0 Å². The summed E-state index contributed by atoms with van der Waals surface area (Å²) in [7, 11) is 0. The summed E-state index contributed by atoms with van der Waals surface area (Å²) < 4.78 is 5.27. The van der Waals surface area contributed by atoms with Gasteiger partial charge in [-0.05, 0) is 18.9 Å². The average molecular weight is 266 g/mol. The summed E-state index contributed by atoms with van der Waals surface area (Å²) in [5.74, 6) is -0.0110. The second-order valence-electron chi connectivity index (χ2n) is 4.33. The van der Waals surface area contributed by atoms with Crippen molar-refractivity contribution in [1.82, 2.24) is 0 Å². The molecule has 96 valence electrons. The lowest BCUT2D eigenvalue weighted by molar-refractivity contribution is -0.133. The van der Waals surface area contributed by atoms with Crippen molar-refractivity contribution < 1.29 is 9.53 Å². The molecule has 3 nitrogen and oxygen atoms in total. The molecule has 2 rings (SSSR count). The Kier molecular flexibility index (Phi) is 3.71. The van der Waals surface area contributed by atoms with Gasteiger partial charge in [-0.3, -0.25) is 4.79 Å². The maximum absolute atomic E-state index is 12.6. The fourth-order valence-corrected chi connectivity index (χ4v) is 2.61. The molecule has 1 aromatic carbocycles. The van der Waals surface area contributed by atoms with E-state index >= 15 is 0 Å². The molecule has 0 bridgehead atoms. The summed E-state index contributed by atoms with van der Waals surface area (Å²) in [5.41, 5.74) is -0.130. The highest BCUT2D eigenvalue weighted by molar-refractivity contribution is 6.31. The molecule has 0 radical (unpaired) electrons. The number of benzene rings is 1. The largest absolute Gasteiger partial charge is 0.472 e. The Hall–Kier alpha value is -1.35. The molecule has 2 unspecified atom stereocenters. The quantitative estimate of drug-likeness (QED) is 0.841. The zero-order chi connectivity index (χ0) is 13.2. The molecule has 0 aliphatic carbocycles. The molecular weight excluding hydrogens is 250 g/mol.